The van der Waals surface area contributed by atoms with Crippen molar-refractivity contribution in [2.45, 2.75) is 27.3 Å². The molecule has 2 rings (SSSR count). The summed E-state index contributed by atoms with van der Waals surface area (Å²) in [6.45, 7) is 8.68. The molecule has 0 atom stereocenters. The van der Waals surface area contributed by atoms with Gasteiger partial charge in [0.05, 0.1) is 10.5 Å². The number of aromatic amines is 1. The van der Waals surface area contributed by atoms with Gasteiger partial charge in [-0.15, -0.1) is 0 Å². The van der Waals surface area contributed by atoms with Crippen molar-refractivity contribution in [2.75, 3.05) is 13.1 Å². The van der Waals surface area contributed by atoms with Crippen LogP contribution >= 0.6 is 11.6 Å². The molecule has 1 heterocycles. The number of pyridine rings is 1. The molecule has 0 aliphatic heterocycles. The summed E-state index contributed by atoms with van der Waals surface area (Å²) in [4.78, 5) is 18.1. The maximum Gasteiger partial charge on any atom is 0.194 e. The van der Waals surface area contributed by atoms with Gasteiger partial charge in [0, 0.05) is 23.2 Å². The first kappa shape index (κ1) is 14.1. The van der Waals surface area contributed by atoms with Crippen molar-refractivity contribution in [3.8, 4) is 0 Å². The van der Waals surface area contributed by atoms with E-state index in [2.05, 4.69) is 23.7 Å². The van der Waals surface area contributed by atoms with E-state index in [1.165, 1.54) is 0 Å². The highest BCUT2D eigenvalue weighted by molar-refractivity contribution is 6.35. The molecule has 1 aromatic heterocycles. The fourth-order valence-corrected chi connectivity index (χ4v) is 2.52. The predicted molar refractivity (Wildman–Crippen MR) is 80.9 cm³/mol. The van der Waals surface area contributed by atoms with E-state index in [0.717, 1.165) is 29.9 Å². The van der Waals surface area contributed by atoms with Crippen molar-refractivity contribution in [2.24, 2.45) is 0 Å². The third-order valence-corrected chi connectivity index (χ3v) is 3.89. The molecular weight excluding hydrogens is 260 g/mol. The Morgan fingerprint density at radius 2 is 1.95 bits per heavy atom. The number of fused-ring (bicyclic) bond motifs is 1. The number of hydrogen-bond acceptors (Lipinski definition) is 2. The molecule has 2 aromatic rings. The maximum absolute atomic E-state index is 12.6. The van der Waals surface area contributed by atoms with Crippen LogP contribution in [0.3, 0.4) is 0 Å². The third-order valence-electron chi connectivity index (χ3n) is 3.57. The molecule has 0 amide bonds. The topological polar surface area (TPSA) is 36.1 Å². The van der Waals surface area contributed by atoms with Gasteiger partial charge in [0.25, 0.3) is 0 Å². The van der Waals surface area contributed by atoms with Gasteiger partial charge < -0.3 is 4.98 Å². The largest absolute Gasteiger partial charge is 0.357 e. The van der Waals surface area contributed by atoms with Gasteiger partial charge in [-0.25, -0.2) is 0 Å². The van der Waals surface area contributed by atoms with E-state index in [1.807, 2.05) is 19.1 Å². The molecule has 4 heteroatoms. The minimum Gasteiger partial charge on any atom is -0.357 e. The first-order valence-electron chi connectivity index (χ1n) is 6.60. The molecule has 3 nitrogen and oxygen atoms in total. The molecule has 0 bridgehead atoms. The van der Waals surface area contributed by atoms with E-state index in [-0.39, 0.29) is 5.43 Å². The van der Waals surface area contributed by atoms with Crippen LogP contribution in [0.1, 0.15) is 25.1 Å². The Morgan fingerprint density at radius 3 is 2.58 bits per heavy atom. The zero-order valence-electron chi connectivity index (χ0n) is 11.6. The number of H-pyrrole nitrogens is 1. The number of nitrogens with zero attached hydrogens (tertiary/aromatic N) is 1. The Labute approximate surface area is 118 Å². The van der Waals surface area contributed by atoms with Gasteiger partial charge in [0.1, 0.15) is 0 Å². The van der Waals surface area contributed by atoms with Crippen molar-refractivity contribution in [3.63, 3.8) is 0 Å². The molecule has 19 heavy (non-hydrogen) atoms. The van der Waals surface area contributed by atoms with Crippen LogP contribution in [0, 0.1) is 6.92 Å². The fraction of sp³-hybridized carbons (Fsp3) is 0.400. The second-order valence-electron chi connectivity index (χ2n) is 4.68. The summed E-state index contributed by atoms with van der Waals surface area (Å²) >= 11 is 6.13. The van der Waals surface area contributed by atoms with Crippen LogP contribution in [0.15, 0.2) is 23.0 Å². The zero-order chi connectivity index (χ0) is 14.0. The lowest BCUT2D eigenvalue weighted by molar-refractivity contribution is 0.294. The number of para-hydroxylation sites is 1. The molecule has 0 saturated carbocycles. The molecule has 1 aromatic carbocycles. The van der Waals surface area contributed by atoms with Crippen LogP contribution in [0.25, 0.3) is 10.9 Å². The minimum atomic E-state index is 0.0839. The van der Waals surface area contributed by atoms with E-state index in [0.29, 0.717) is 17.0 Å². The first-order valence-corrected chi connectivity index (χ1v) is 6.98. The molecule has 0 aliphatic rings. The molecule has 0 fully saturated rings. The van der Waals surface area contributed by atoms with E-state index >= 15 is 0 Å². The van der Waals surface area contributed by atoms with E-state index in [9.17, 15) is 4.79 Å². The van der Waals surface area contributed by atoms with Crippen LogP contribution in [0.2, 0.25) is 5.02 Å². The third kappa shape index (κ3) is 2.67. The highest BCUT2D eigenvalue weighted by Gasteiger charge is 2.13. The van der Waals surface area contributed by atoms with Crippen LogP contribution in [-0.4, -0.2) is 23.0 Å². The molecule has 0 aliphatic carbocycles. The first-order chi connectivity index (χ1) is 9.08. The van der Waals surface area contributed by atoms with E-state index in [1.54, 1.807) is 6.07 Å². The molecule has 0 unspecified atom stereocenters. The van der Waals surface area contributed by atoms with Gasteiger partial charge in [0.2, 0.25) is 0 Å². The summed E-state index contributed by atoms with van der Waals surface area (Å²) in [6.07, 6.45) is 0. The average molecular weight is 279 g/mol. The standard InChI is InChI=1S/C15H19ClN2O/c1-4-18(5-2)9-12-10(3)17-14-11(15(12)19)7-6-8-13(14)16/h6-8H,4-5,9H2,1-3H3,(H,17,19). The SMILES string of the molecule is CCN(CC)Cc1c(C)[nH]c2c(Cl)cccc2c1=O. The monoisotopic (exact) mass is 278 g/mol. The Bertz CT molecular complexity index is 644. The second kappa shape index (κ2) is 5.76. The Hall–Kier alpha value is -1.32. The number of hydrogen-bond donors (Lipinski definition) is 1. The number of halogens is 1. The lowest BCUT2D eigenvalue weighted by atomic mass is 10.1. The fourth-order valence-electron chi connectivity index (χ4n) is 2.30. The van der Waals surface area contributed by atoms with Crippen LogP contribution in [0.4, 0.5) is 0 Å². The van der Waals surface area contributed by atoms with Crippen LogP contribution in [-0.2, 0) is 6.54 Å². The Morgan fingerprint density at radius 1 is 1.26 bits per heavy atom. The van der Waals surface area contributed by atoms with Crippen molar-refractivity contribution >= 4 is 22.5 Å². The second-order valence-corrected chi connectivity index (χ2v) is 5.09. The molecule has 102 valence electrons. The predicted octanol–water partition coefficient (Wildman–Crippen LogP) is 3.33. The summed E-state index contributed by atoms with van der Waals surface area (Å²) in [6, 6.07) is 5.44. The Balaban J connectivity index is 2.60. The lowest BCUT2D eigenvalue weighted by Gasteiger charge is -2.19. The number of benzene rings is 1. The summed E-state index contributed by atoms with van der Waals surface area (Å²) < 4.78 is 0. The number of rotatable bonds is 4. The maximum atomic E-state index is 12.6. The van der Waals surface area contributed by atoms with Gasteiger partial charge >= 0.3 is 0 Å². The molecule has 1 N–H and O–H groups in total. The van der Waals surface area contributed by atoms with Crippen molar-refractivity contribution in [1.82, 2.24) is 9.88 Å². The summed E-state index contributed by atoms with van der Waals surface area (Å²) in [5, 5.41) is 1.26. The van der Waals surface area contributed by atoms with Gasteiger partial charge in [-0.3, -0.25) is 9.69 Å². The van der Waals surface area contributed by atoms with Crippen LogP contribution < -0.4 is 5.43 Å². The lowest BCUT2D eigenvalue weighted by Crippen LogP contribution is -2.27. The van der Waals surface area contributed by atoms with Gasteiger partial charge in [0.15, 0.2) is 5.43 Å². The number of aryl methyl sites for hydroxylation is 1. The van der Waals surface area contributed by atoms with Crippen molar-refractivity contribution in [1.29, 1.82) is 0 Å². The zero-order valence-corrected chi connectivity index (χ0v) is 12.3. The smallest absolute Gasteiger partial charge is 0.194 e. The van der Waals surface area contributed by atoms with Gasteiger partial charge in [-0.2, -0.15) is 0 Å². The molecule has 0 saturated heterocycles. The normalized spacial score (nSPS) is 11.4. The number of aromatic nitrogens is 1. The highest BCUT2D eigenvalue weighted by Crippen LogP contribution is 2.20. The average Bonchev–Trinajstić information content (AvgIpc) is 2.40. The quantitative estimate of drug-likeness (QED) is 0.931. The van der Waals surface area contributed by atoms with Crippen molar-refractivity contribution < 1.29 is 0 Å². The van der Waals surface area contributed by atoms with Crippen LogP contribution in [0.5, 0.6) is 0 Å². The Kier molecular flexibility index (Phi) is 4.27. The van der Waals surface area contributed by atoms with Gasteiger partial charge in [-0.1, -0.05) is 31.5 Å². The highest BCUT2D eigenvalue weighted by atomic mass is 35.5. The summed E-state index contributed by atoms with van der Waals surface area (Å²) in [5.41, 5.74) is 2.55. The molecular formula is C15H19ClN2O. The van der Waals surface area contributed by atoms with Crippen molar-refractivity contribution in [3.05, 3.63) is 44.7 Å². The number of nitrogens with one attached hydrogen (secondary N) is 1. The van der Waals surface area contributed by atoms with E-state index < -0.39 is 0 Å². The van der Waals surface area contributed by atoms with E-state index in [4.69, 9.17) is 11.6 Å². The van der Waals surface area contributed by atoms with Gasteiger partial charge in [-0.05, 0) is 32.1 Å². The molecule has 0 radical (unpaired) electrons. The molecule has 0 spiro atoms. The summed E-state index contributed by atoms with van der Waals surface area (Å²) in [5.74, 6) is 0. The minimum absolute atomic E-state index is 0.0839. The summed E-state index contributed by atoms with van der Waals surface area (Å²) in [7, 11) is 0.